The second-order valence-electron chi connectivity index (χ2n) is 16.2. The average molecular weight is 937 g/mol. The van der Waals surface area contributed by atoms with Crippen molar-refractivity contribution < 1.29 is 49.1 Å². The topological polar surface area (TPSA) is 217 Å². The highest BCUT2D eigenvalue weighted by Gasteiger charge is 2.40. The van der Waals surface area contributed by atoms with Gasteiger partial charge in [0.15, 0.2) is 16.6 Å². The molecule has 0 radical (unpaired) electrons. The molecule has 0 saturated carbocycles. The normalized spacial score (nSPS) is 22.4. The Labute approximate surface area is 372 Å². The molecular weight excluding hydrogens is 886 g/mol. The van der Waals surface area contributed by atoms with Crippen LogP contribution in [0, 0.1) is 5.92 Å². The maximum Gasteiger partial charge on any atom is 0.407 e. The van der Waals surface area contributed by atoms with E-state index in [1.54, 1.807) is 11.8 Å². The van der Waals surface area contributed by atoms with Crippen LogP contribution in [0.5, 0.6) is 11.5 Å². The first kappa shape index (κ1) is 44.3. The van der Waals surface area contributed by atoms with Crippen LogP contribution in [0.1, 0.15) is 47.6 Å². The number of rotatable bonds is 9. The van der Waals surface area contributed by atoms with Crippen LogP contribution >= 0.6 is 28.1 Å². The van der Waals surface area contributed by atoms with Gasteiger partial charge in [-0.2, -0.15) is 0 Å². The molecule has 7 rings (SSSR count). The third-order valence-corrected chi connectivity index (χ3v) is 13.0. The molecule has 0 bridgehead atoms. The number of halogens is 1. The van der Waals surface area contributed by atoms with Crippen LogP contribution in [-0.4, -0.2) is 141 Å². The van der Waals surface area contributed by atoms with Gasteiger partial charge >= 0.3 is 24.2 Å². The average Bonchev–Trinajstić information content (AvgIpc) is 3.90. The second-order valence-corrected chi connectivity index (χ2v) is 17.4. The number of anilines is 2. The molecule has 3 aromatic carbocycles. The highest BCUT2D eigenvalue weighted by Crippen LogP contribution is 2.52. The number of nitrogens with one attached hydrogen (secondary N) is 3. The van der Waals surface area contributed by atoms with E-state index in [0.717, 1.165) is 60.3 Å². The minimum absolute atomic E-state index is 0.0311. The van der Waals surface area contributed by atoms with Crippen LogP contribution in [0.25, 0.3) is 0 Å². The van der Waals surface area contributed by atoms with Gasteiger partial charge in [0.05, 0.1) is 12.6 Å². The van der Waals surface area contributed by atoms with Crippen molar-refractivity contribution in [3.8, 4) is 11.5 Å². The van der Waals surface area contributed by atoms with Crippen molar-refractivity contribution in [3.63, 3.8) is 0 Å². The summed E-state index contributed by atoms with van der Waals surface area (Å²) in [7, 11) is 0. The lowest BCUT2D eigenvalue weighted by molar-refractivity contribution is -0.140. The number of allylic oxidation sites excluding steroid dienone is 2. The van der Waals surface area contributed by atoms with E-state index in [1.165, 1.54) is 11.1 Å². The van der Waals surface area contributed by atoms with Gasteiger partial charge in [-0.15, -0.1) is 0 Å². The Balaban J connectivity index is 0.980. The van der Waals surface area contributed by atoms with E-state index in [-0.39, 0.29) is 71.0 Å². The molecule has 4 atom stereocenters. The van der Waals surface area contributed by atoms with Gasteiger partial charge in [-0.25, -0.2) is 14.4 Å². The molecule has 4 aliphatic rings. The summed E-state index contributed by atoms with van der Waals surface area (Å²) in [5.74, 6) is 0.965. The highest BCUT2D eigenvalue weighted by atomic mass is 79.9. The van der Waals surface area contributed by atoms with E-state index >= 15 is 0 Å². The molecule has 7 N–H and O–H groups in total. The summed E-state index contributed by atoms with van der Waals surface area (Å²) < 4.78 is 12.3. The van der Waals surface area contributed by atoms with E-state index in [2.05, 4.69) is 68.3 Å². The molecule has 0 aromatic heterocycles. The standard InChI is InChI=1S/C43H50BrN7O10S/c1-43(24-50(42(58)59)16-15-48(40(54)55)13-14-49(41(56)57)17-18-51(43)23-37(52)53)22-27-5-8-28(9-6-27)46-39(62)45-12-11-26-7-10-34-31(19-26)29-3-2-4-30(29)38(47-34)32-20-35-36(21-33(32)44)61-25-60-35/h2-3,5-10,19-21,29-30,38,47H,4,11-18,22-25H2,1H3,(H,52,53)(H,54,55)(H,56,57)(H,58,59)(H2,45,46,62). The Bertz CT molecular complexity index is 2230. The number of carboxylic acids is 1. The summed E-state index contributed by atoms with van der Waals surface area (Å²) in [5.41, 5.74) is 5.05. The molecule has 1 saturated heterocycles. The lowest BCUT2D eigenvalue weighted by atomic mass is 9.76. The van der Waals surface area contributed by atoms with Crippen molar-refractivity contribution in [2.75, 3.05) is 76.3 Å². The molecule has 1 aliphatic carbocycles. The summed E-state index contributed by atoms with van der Waals surface area (Å²) in [4.78, 5) is 53.2. The van der Waals surface area contributed by atoms with Crippen LogP contribution in [-0.2, 0) is 17.6 Å². The number of ether oxygens (including phenoxy) is 2. The van der Waals surface area contributed by atoms with Gasteiger partial charge in [0, 0.05) is 79.7 Å². The molecule has 330 valence electrons. The van der Waals surface area contributed by atoms with Gasteiger partial charge in [-0.1, -0.05) is 52.3 Å². The summed E-state index contributed by atoms with van der Waals surface area (Å²) in [5, 5.41) is 50.3. The zero-order chi connectivity index (χ0) is 44.1. The van der Waals surface area contributed by atoms with Crippen LogP contribution < -0.4 is 25.4 Å². The van der Waals surface area contributed by atoms with Crippen LogP contribution in [0.15, 0.2) is 71.2 Å². The molecule has 0 spiro atoms. The van der Waals surface area contributed by atoms with Crippen molar-refractivity contribution in [3.05, 3.63) is 93.5 Å². The third-order valence-electron chi connectivity index (χ3n) is 12.1. The Morgan fingerprint density at radius 2 is 1.47 bits per heavy atom. The summed E-state index contributed by atoms with van der Waals surface area (Å²) >= 11 is 9.41. The van der Waals surface area contributed by atoms with Crippen LogP contribution in [0.2, 0.25) is 0 Å². The molecule has 3 aliphatic heterocycles. The molecule has 3 aromatic rings. The van der Waals surface area contributed by atoms with Gasteiger partial charge in [-0.05, 0) is 96.9 Å². The summed E-state index contributed by atoms with van der Waals surface area (Å²) in [6, 6.07) is 18.1. The van der Waals surface area contributed by atoms with E-state index in [1.807, 2.05) is 30.3 Å². The number of thiocarbonyl (C=S) groups is 1. The van der Waals surface area contributed by atoms with E-state index < -0.39 is 36.3 Å². The molecule has 19 heteroatoms. The molecule has 62 heavy (non-hydrogen) atoms. The number of nitrogens with zero attached hydrogens (tertiary/aromatic N) is 4. The fourth-order valence-corrected chi connectivity index (χ4v) is 9.66. The Hall–Kier alpha value is -5.79. The molecule has 4 unspecified atom stereocenters. The number of hydrogen-bond donors (Lipinski definition) is 7. The molecule has 3 heterocycles. The third kappa shape index (κ3) is 10.3. The van der Waals surface area contributed by atoms with Crippen molar-refractivity contribution in [2.24, 2.45) is 5.92 Å². The lowest BCUT2D eigenvalue weighted by Gasteiger charge is -2.44. The van der Waals surface area contributed by atoms with Gasteiger partial charge in [0.25, 0.3) is 0 Å². The predicted molar refractivity (Wildman–Crippen MR) is 238 cm³/mol. The van der Waals surface area contributed by atoms with Crippen LogP contribution in [0.3, 0.4) is 0 Å². The first-order valence-electron chi connectivity index (χ1n) is 20.4. The lowest BCUT2D eigenvalue weighted by Crippen LogP contribution is -2.60. The number of aliphatic carboxylic acids is 1. The van der Waals surface area contributed by atoms with E-state index in [9.17, 15) is 39.6 Å². The smallest absolute Gasteiger partial charge is 0.407 e. The Morgan fingerprint density at radius 1 is 0.839 bits per heavy atom. The Kier molecular flexibility index (Phi) is 13.6. The second kappa shape index (κ2) is 19.1. The first-order valence-corrected chi connectivity index (χ1v) is 21.6. The summed E-state index contributed by atoms with van der Waals surface area (Å²) in [6.45, 7) is 1.06. The number of benzene rings is 3. The van der Waals surface area contributed by atoms with Crippen molar-refractivity contribution in [2.45, 2.75) is 43.7 Å². The quantitative estimate of drug-likeness (QED) is 0.0943. The number of amides is 3. The summed E-state index contributed by atoms with van der Waals surface area (Å²) in [6.07, 6.45) is 2.62. The fraction of sp³-hybridized carbons (Fsp3) is 0.419. The SMILES string of the molecule is CC1(Cc2ccc(NC(=S)NCCc3ccc4c(c3)C3C=CCC3C(c3cc5c(cc3Br)OCO5)N4)cc2)CN(C(=O)O)CCN(C(=O)O)CCN(C(=O)O)CCN1CC(=O)O. The van der Waals surface area contributed by atoms with Crippen molar-refractivity contribution in [1.29, 1.82) is 0 Å². The fourth-order valence-electron chi connectivity index (χ4n) is 8.87. The van der Waals surface area contributed by atoms with Crippen LogP contribution in [0.4, 0.5) is 25.8 Å². The monoisotopic (exact) mass is 935 g/mol. The number of hydrogen-bond acceptors (Lipinski definition) is 9. The maximum absolute atomic E-state index is 12.4. The highest BCUT2D eigenvalue weighted by molar-refractivity contribution is 9.10. The van der Waals surface area contributed by atoms with E-state index in [4.69, 9.17) is 21.7 Å². The molecule has 17 nitrogen and oxygen atoms in total. The zero-order valence-corrected chi connectivity index (χ0v) is 36.5. The number of carbonyl (C=O) groups is 4. The van der Waals surface area contributed by atoms with Crippen molar-refractivity contribution in [1.82, 2.24) is 24.9 Å². The van der Waals surface area contributed by atoms with Gasteiger partial charge in [0.1, 0.15) is 0 Å². The molecular formula is C43H50BrN7O10S. The zero-order valence-electron chi connectivity index (χ0n) is 34.1. The van der Waals surface area contributed by atoms with Gasteiger partial charge in [0.2, 0.25) is 6.79 Å². The van der Waals surface area contributed by atoms with Gasteiger partial charge < -0.3 is 60.5 Å². The maximum atomic E-state index is 12.4. The first-order chi connectivity index (χ1) is 29.7. The molecule has 3 amide bonds. The largest absolute Gasteiger partial charge is 0.480 e. The number of carboxylic acid groups (broad SMARTS) is 4. The van der Waals surface area contributed by atoms with Crippen molar-refractivity contribution >= 4 is 68.9 Å². The van der Waals surface area contributed by atoms with E-state index in [0.29, 0.717) is 23.3 Å². The number of fused-ring (bicyclic) bond motifs is 4. The minimum Gasteiger partial charge on any atom is -0.480 e. The molecule has 1 fully saturated rings. The Morgan fingerprint density at radius 3 is 2.13 bits per heavy atom. The minimum atomic E-state index is -1.30. The van der Waals surface area contributed by atoms with Gasteiger partial charge in [-0.3, -0.25) is 9.69 Å². The predicted octanol–water partition coefficient (Wildman–Crippen LogP) is 6.17.